The highest BCUT2D eigenvalue weighted by Crippen LogP contribution is 2.12. The number of phenols is 1. The average Bonchev–Trinajstić information content (AvgIpc) is 3.39. The molecule has 10 N–H and O–H groups in total. The van der Waals surface area contributed by atoms with Crippen molar-refractivity contribution < 1.29 is 49.2 Å². The maximum atomic E-state index is 13.1. The molecule has 1 aromatic heterocycles. The molecule has 0 spiro atoms. The van der Waals surface area contributed by atoms with Crippen molar-refractivity contribution in [2.75, 3.05) is 0 Å². The van der Waals surface area contributed by atoms with E-state index in [9.17, 15) is 44.1 Å². The predicted molar refractivity (Wildman–Crippen MR) is 135 cm³/mol. The highest BCUT2D eigenvalue weighted by Gasteiger charge is 2.32. The molecule has 0 aliphatic carbocycles. The molecule has 216 valence electrons. The van der Waals surface area contributed by atoms with Crippen LogP contribution in [-0.2, 0) is 41.6 Å². The Labute approximate surface area is 227 Å². The van der Waals surface area contributed by atoms with Gasteiger partial charge in [-0.25, -0.2) is 9.78 Å². The summed E-state index contributed by atoms with van der Waals surface area (Å²) in [5.74, 6) is -7.24. The van der Waals surface area contributed by atoms with Gasteiger partial charge in [-0.05, 0) is 24.1 Å². The van der Waals surface area contributed by atoms with Crippen molar-refractivity contribution in [2.45, 2.75) is 56.3 Å². The number of nitrogens with zero attached hydrogens (tertiary/aromatic N) is 1. The van der Waals surface area contributed by atoms with Crippen molar-refractivity contribution in [2.24, 2.45) is 5.73 Å². The average molecular weight is 563 g/mol. The van der Waals surface area contributed by atoms with Gasteiger partial charge in [0.25, 0.3) is 0 Å². The number of nitrogens with two attached hydrogens (primary N) is 1. The van der Waals surface area contributed by atoms with Gasteiger partial charge in [0, 0.05) is 31.2 Å². The van der Waals surface area contributed by atoms with E-state index in [0.29, 0.717) is 11.3 Å². The number of hydrogen-bond acceptors (Lipinski definition) is 9. The minimum atomic E-state index is -1.66. The Kier molecular flexibility index (Phi) is 11.6. The second kappa shape index (κ2) is 14.8. The third kappa shape index (κ3) is 10.4. The van der Waals surface area contributed by atoms with Crippen molar-refractivity contribution in [3.05, 3.63) is 48.0 Å². The number of rotatable bonds is 16. The van der Waals surface area contributed by atoms with Crippen LogP contribution in [0.25, 0.3) is 0 Å². The number of aromatic hydroxyl groups is 1. The molecule has 16 heteroatoms. The predicted octanol–water partition coefficient (Wildman–Crippen LogP) is -1.89. The molecule has 2 rings (SSSR count). The number of aliphatic carboxylic acids is 3. The van der Waals surface area contributed by atoms with Crippen LogP contribution >= 0.6 is 0 Å². The van der Waals surface area contributed by atoms with Crippen LogP contribution in [0.2, 0.25) is 0 Å². The van der Waals surface area contributed by atoms with Crippen LogP contribution in [0.3, 0.4) is 0 Å². The van der Waals surface area contributed by atoms with Crippen molar-refractivity contribution in [3.8, 4) is 5.75 Å². The molecule has 2 aromatic rings. The smallest absolute Gasteiger partial charge is 0.326 e. The fourth-order valence-corrected chi connectivity index (χ4v) is 3.54. The van der Waals surface area contributed by atoms with Crippen molar-refractivity contribution in [1.29, 1.82) is 0 Å². The summed E-state index contributed by atoms with van der Waals surface area (Å²) in [6, 6.07) is -0.409. The monoisotopic (exact) mass is 562 g/mol. The lowest BCUT2D eigenvalue weighted by Crippen LogP contribution is -2.58. The van der Waals surface area contributed by atoms with Gasteiger partial charge in [0.1, 0.15) is 23.9 Å². The number of benzene rings is 1. The molecule has 0 saturated carbocycles. The van der Waals surface area contributed by atoms with Gasteiger partial charge in [-0.3, -0.25) is 24.0 Å². The van der Waals surface area contributed by atoms with Gasteiger partial charge in [-0.2, -0.15) is 0 Å². The summed E-state index contributed by atoms with van der Waals surface area (Å²) in [5.41, 5.74) is 6.81. The zero-order valence-corrected chi connectivity index (χ0v) is 21.1. The van der Waals surface area contributed by atoms with Crippen LogP contribution < -0.4 is 21.7 Å². The topological polar surface area (TPSA) is 274 Å². The highest BCUT2D eigenvalue weighted by atomic mass is 16.4. The Bertz CT molecular complexity index is 1200. The number of amides is 3. The largest absolute Gasteiger partial charge is 0.508 e. The van der Waals surface area contributed by atoms with E-state index in [1.807, 2.05) is 0 Å². The molecular weight excluding hydrogens is 532 g/mol. The maximum absolute atomic E-state index is 13.1. The van der Waals surface area contributed by atoms with Gasteiger partial charge in [-0.15, -0.1) is 0 Å². The van der Waals surface area contributed by atoms with Gasteiger partial charge in [0.2, 0.25) is 17.7 Å². The summed E-state index contributed by atoms with van der Waals surface area (Å²) in [6.07, 6.45) is 0.721. The summed E-state index contributed by atoms with van der Waals surface area (Å²) in [5, 5.41) is 43.8. The van der Waals surface area contributed by atoms with Gasteiger partial charge in [-0.1, -0.05) is 12.1 Å². The minimum absolute atomic E-state index is 0.00600. The molecule has 1 aromatic carbocycles. The molecule has 4 atom stereocenters. The number of H-pyrrole nitrogens is 1. The Morgan fingerprint density at radius 1 is 0.825 bits per heavy atom. The van der Waals surface area contributed by atoms with Gasteiger partial charge in [0.15, 0.2) is 0 Å². The maximum Gasteiger partial charge on any atom is 0.326 e. The SMILES string of the molecule is NC(Cc1cnc[nH]1)C(=O)NC(CC(=O)O)C(=O)NC(Cc1ccc(O)cc1)C(=O)NC(CCC(=O)O)C(=O)O. The Morgan fingerprint density at radius 2 is 1.43 bits per heavy atom. The van der Waals surface area contributed by atoms with E-state index in [1.165, 1.54) is 36.8 Å². The molecule has 0 bridgehead atoms. The molecule has 0 saturated heterocycles. The first-order valence-corrected chi connectivity index (χ1v) is 11.9. The van der Waals surface area contributed by atoms with Crippen LogP contribution in [0, 0.1) is 0 Å². The second-order valence-corrected chi connectivity index (χ2v) is 8.81. The third-order valence-electron chi connectivity index (χ3n) is 5.61. The summed E-state index contributed by atoms with van der Waals surface area (Å²) < 4.78 is 0. The second-order valence-electron chi connectivity index (χ2n) is 8.81. The van der Waals surface area contributed by atoms with Crippen LogP contribution in [0.5, 0.6) is 5.75 Å². The minimum Gasteiger partial charge on any atom is -0.508 e. The van der Waals surface area contributed by atoms with Gasteiger partial charge >= 0.3 is 17.9 Å². The number of nitrogens with one attached hydrogen (secondary N) is 4. The van der Waals surface area contributed by atoms with Crippen molar-refractivity contribution >= 4 is 35.6 Å². The number of phenolic OH excluding ortho intramolecular Hbond substituents is 1. The van der Waals surface area contributed by atoms with E-state index in [0.717, 1.165) is 0 Å². The normalized spacial score (nSPS) is 13.7. The first-order chi connectivity index (χ1) is 18.8. The molecule has 1 heterocycles. The molecular formula is C24H30N6O10. The molecule has 3 amide bonds. The Hall–Kier alpha value is -4.99. The standard InChI is InChI=1S/C24H30N6O10/c25-15(8-13-10-26-11-27-13)21(36)29-18(9-20(34)35)23(38)30-17(7-12-1-3-14(31)4-2-12)22(37)28-16(24(39)40)5-6-19(32)33/h1-4,10-11,15-18,31H,5-9,25H2,(H,26,27)(H,28,37)(H,29,36)(H,30,38)(H,32,33)(H,34,35)(H,39,40). The van der Waals surface area contributed by atoms with E-state index in [4.69, 9.17) is 10.8 Å². The summed E-state index contributed by atoms with van der Waals surface area (Å²) in [7, 11) is 0. The number of carbonyl (C=O) groups is 6. The number of carboxylic acids is 3. The molecule has 40 heavy (non-hydrogen) atoms. The summed E-state index contributed by atoms with van der Waals surface area (Å²) in [6.45, 7) is 0. The lowest BCUT2D eigenvalue weighted by Gasteiger charge is -2.24. The lowest BCUT2D eigenvalue weighted by molar-refractivity contribution is -0.144. The first kappa shape index (κ1) is 31.2. The highest BCUT2D eigenvalue weighted by molar-refractivity contribution is 5.95. The summed E-state index contributed by atoms with van der Waals surface area (Å²) in [4.78, 5) is 79.1. The molecule has 0 fully saturated rings. The number of carboxylic acid groups (broad SMARTS) is 3. The van der Waals surface area contributed by atoms with Crippen molar-refractivity contribution in [3.63, 3.8) is 0 Å². The Morgan fingerprint density at radius 3 is 1.98 bits per heavy atom. The van der Waals surface area contributed by atoms with Crippen molar-refractivity contribution in [1.82, 2.24) is 25.9 Å². The van der Waals surface area contributed by atoms with Crippen LogP contribution in [0.15, 0.2) is 36.8 Å². The van der Waals surface area contributed by atoms with E-state index < -0.39 is 79.1 Å². The zero-order chi connectivity index (χ0) is 29.8. The molecule has 0 aliphatic heterocycles. The van der Waals surface area contributed by atoms with E-state index in [2.05, 4.69) is 25.9 Å². The quantitative estimate of drug-likeness (QED) is 0.109. The molecule has 0 radical (unpaired) electrons. The number of aromatic amines is 1. The molecule has 16 nitrogen and oxygen atoms in total. The lowest BCUT2D eigenvalue weighted by atomic mass is 10.0. The third-order valence-corrected chi connectivity index (χ3v) is 5.61. The number of aromatic nitrogens is 2. The fraction of sp³-hybridized carbons (Fsp3) is 0.375. The molecule has 4 unspecified atom stereocenters. The van der Waals surface area contributed by atoms with Gasteiger partial charge < -0.3 is 47.1 Å². The van der Waals surface area contributed by atoms with Crippen LogP contribution in [-0.4, -0.2) is 90.2 Å². The fourth-order valence-electron chi connectivity index (χ4n) is 3.54. The van der Waals surface area contributed by atoms with E-state index in [1.54, 1.807) is 0 Å². The zero-order valence-electron chi connectivity index (χ0n) is 21.1. The Balaban J connectivity index is 2.22. The first-order valence-electron chi connectivity index (χ1n) is 11.9. The number of carbonyl (C=O) groups excluding carboxylic acids is 3. The molecule has 0 aliphatic rings. The number of hydrogen-bond donors (Lipinski definition) is 9. The van der Waals surface area contributed by atoms with Crippen LogP contribution in [0.4, 0.5) is 0 Å². The summed E-state index contributed by atoms with van der Waals surface area (Å²) >= 11 is 0. The van der Waals surface area contributed by atoms with Gasteiger partial charge in [0.05, 0.1) is 18.8 Å². The van der Waals surface area contributed by atoms with Crippen LogP contribution in [0.1, 0.15) is 30.5 Å². The van der Waals surface area contributed by atoms with E-state index >= 15 is 0 Å². The van der Waals surface area contributed by atoms with E-state index in [-0.39, 0.29) is 18.6 Å². The number of imidazole rings is 1.